The predicted molar refractivity (Wildman–Crippen MR) is 63.0 cm³/mol. The zero-order chi connectivity index (χ0) is 14.2. The molecule has 8 heteroatoms. The molecule has 2 heterocycles. The molecule has 0 aliphatic heterocycles. The molecule has 0 amide bonds. The van der Waals surface area contributed by atoms with Crippen LogP contribution in [0.5, 0.6) is 0 Å². The number of rotatable bonds is 3. The van der Waals surface area contributed by atoms with E-state index in [1.807, 2.05) is 0 Å². The van der Waals surface area contributed by atoms with Crippen molar-refractivity contribution in [2.24, 2.45) is 0 Å². The molecule has 0 bridgehead atoms. The molecule has 19 heavy (non-hydrogen) atoms. The summed E-state index contributed by atoms with van der Waals surface area (Å²) in [5.74, 6) is -1.24. The van der Waals surface area contributed by atoms with Crippen LogP contribution in [0.15, 0.2) is 12.1 Å². The largest absolute Gasteiger partial charge is 0.450 e. The number of ketones is 1. The van der Waals surface area contributed by atoms with Crippen molar-refractivity contribution < 1.29 is 18.0 Å². The maximum atomic E-state index is 12.1. The zero-order valence-corrected chi connectivity index (χ0v) is 10.2. The second-order valence-corrected chi connectivity index (χ2v) is 4.22. The van der Waals surface area contributed by atoms with Gasteiger partial charge in [-0.1, -0.05) is 0 Å². The van der Waals surface area contributed by atoms with Crippen molar-refractivity contribution in [1.82, 2.24) is 15.0 Å². The zero-order valence-electron chi connectivity index (χ0n) is 10.2. The second-order valence-electron chi connectivity index (χ2n) is 4.22. The number of carbonyl (C=O) groups is 1. The Bertz CT molecular complexity index is 618. The van der Waals surface area contributed by atoms with E-state index < -0.39 is 18.4 Å². The lowest BCUT2D eigenvalue weighted by molar-refractivity contribution is -0.170. The minimum Gasteiger partial charge on any atom is -0.363 e. The number of pyridine rings is 1. The van der Waals surface area contributed by atoms with Gasteiger partial charge in [0.25, 0.3) is 0 Å². The number of alkyl halides is 3. The summed E-state index contributed by atoms with van der Waals surface area (Å²) in [6.07, 6.45) is -5.65. The van der Waals surface area contributed by atoms with Crippen LogP contribution in [0.1, 0.15) is 5.82 Å². The first-order chi connectivity index (χ1) is 8.77. The van der Waals surface area contributed by atoms with Gasteiger partial charge in [0.2, 0.25) is 5.78 Å². The molecule has 0 aromatic carbocycles. The van der Waals surface area contributed by atoms with E-state index in [2.05, 4.69) is 15.0 Å². The maximum absolute atomic E-state index is 12.1. The second kappa shape index (κ2) is 4.52. The number of nitrogens with one attached hydrogen (secondary N) is 1. The molecule has 0 fully saturated rings. The summed E-state index contributed by atoms with van der Waals surface area (Å²) >= 11 is 0. The van der Waals surface area contributed by atoms with Gasteiger partial charge in [0.15, 0.2) is 5.65 Å². The molecule has 0 atom stereocenters. The highest BCUT2D eigenvalue weighted by molar-refractivity contribution is 5.86. The molecule has 0 radical (unpaired) electrons. The lowest BCUT2D eigenvalue weighted by Crippen LogP contribution is -2.25. The Morgan fingerprint density at radius 2 is 2.00 bits per heavy atom. The van der Waals surface area contributed by atoms with Crippen LogP contribution in [0.4, 0.5) is 19.0 Å². The number of fused-ring (bicyclic) bond motifs is 1. The van der Waals surface area contributed by atoms with Gasteiger partial charge in [-0.3, -0.25) is 4.79 Å². The van der Waals surface area contributed by atoms with Gasteiger partial charge in [-0.05, 0) is 12.1 Å². The molecule has 0 saturated heterocycles. The maximum Gasteiger partial charge on any atom is 0.450 e. The molecule has 2 aromatic heterocycles. The minimum atomic E-state index is -4.85. The van der Waals surface area contributed by atoms with Crippen molar-refractivity contribution in [2.45, 2.75) is 12.6 Å². The number of Topliss-reactive ketones (excluding diaryl/α,β-unsaturated/α-hetero) is 1. The average molecular weight is 272 g/mol. The third-order valence-corrected chi connectivity index (χ3v) is 2.48. The van der Waals surface area contributed by atoms with Crippen molar-refractivity contribution in [3.8, 4) is 0 Å². The van der Waals surface area contributed by atoms with Crippen LogP contribution in [0, 0.1) is 0 Å². The predicted octanol–water partition coefficient (Wildman–Crippen LogP) is 1.70. The smallest absolute Gasteiger partial charge is 0.363 e. The number of halogens is 3. The van der Waals surface area contributed by atoms with Gasteiger partial charge in [0.1, 0.15) is 11.6 Å². The summed E-state index contributed by atoms with van der Waals surface area (Å²) < 4.78 is 36.4. The number of aromatic amines is 1. The molecule has 1 N–H and O–H groups in total. The average Bonchev–Trinajstić information content (AvgIpc) is 2.68. The topological polar surface area (TPSA) is 61.9 Å². The van der Waals surface area contributed by atoms with Crippen LogP contribution >= 0.6 is 0 Å². The summed E-state index contributed by atoms with van der Waals surface area (Å²) in [6.45, 7) is 0. The fourth-order valence-electron chi connectivity index (χ4n) is 1.52. The van der Waals surface area contributed by atoms with Gasteiger partial charge in [0.05, 0.1) is 11.9 Å². The SMILES string of the molecule is CN(C)c1ccc2[nH]c(CC(=O)C(F)(F)F)nc2n1. The monoisotopic (exact) mass is 272 g/mol. The normalized spacial score (nSPS) is 11.8. The number of carbonyl (C=O) groups excluding carboxylic acids is 1. The first-order valence-electron chi connectivity index (χ1n) is 5.40. The minimum absolute atomic E-state index is 0.0410. The molecule has 0 aliphatic carbocycles. The first kappa shape index (κ1) is 13.3. The summed E-state index contributed by atoms with van der Waals surface area (Å²) in [7, 11) is 3.57. The van der Waals surface area contributed by atoms with Crippen LogP contribution in [-0.2, 0) is 11.2 Å². The Labute approximate surface area is 106 Å². The number of hydrogen-bond acceptors (Lipinski definition) is 4. The Morgan fingerprint density at radius 1 is 1.32 bits per heavy atom. The molecule has 0 saturated carbocycles. The molecule has 0 unspecified atom stereocenters. The molecular weight excluding hydrogens is 261 g/mol. The van der Waals surface area contributed by atoms with Gasteiger partial charge in [-0.2, -0.15) is 13.2 Å². The number of H-pyrrole nitrogens is 1. The van der Waals surface area contributed by atoms with E-state index in [0.717, 1.165) is 0 Å². The van der Waals surface area contributed by atoms with E-state index >= 15 is 0 Å². The number of hydrogen-bond donors (Lipinski definition) is 1. The van der Waals surface area contributed by atoms with Crippen LogP contribution in [-0.4, -0.2) is 41.0 Å². The van der Waals surface area contributed by atoms with Gasteiger partial charge in [-0.25, -0.2) is 9.97 Å². The fraction of sp³-hybridized carbons (Fsp3) is 0.364. The molecular formula is C11H11F3N4O. The van der Waals surface area contributed by atoms with Gasteiger partial charge < -0.3 is 9.88 Å². The number of anilines is 1. The Kier molecular flexibility index (Phi) is 3.17. The summed E-state index contributed by atoms with van der Waals surface area (Å²) in [6, 6.07) is 3.36. The lowest BCUT2D eigenvalue weighted by Gasteiger charge is -2.09. The first-order valence-corrected chi connectivity index (χ1v) is 5.40. The van der Waals surface area contributed by atoms with E-state index in [-0.39, 0.29) is 11.5 Å². The van der Waals surface area contributed by atoms with Crippen molar-refractivity contribution in [3.05, 3.63) is 18.0 Å². The molecule has 5 nitrogen and oxygen atoms in total. The molecule has 0 aliphatic rings. The summed E-state index contributed by atoms with van der Waals surface area (Å²) in [4.78, 5) is 23.3. The third kappa shape index (κ3) is 2.83. The fourth-order valence-corrected chi connectivity index (χ4v) is 1.52. The standard InChI is InChI=1S/C11H11F3N4O/c1-18(2)9-4-3-6-10(17-9)16-8(15-6)5-7(19)11(12,13)14/h3-4H,5H2,1-2H3,(H,15,16,17). The van der Waals surface area contributed by atoms with Crippen molar-refractivity contribution in [2.75, 3.05) is 19.0 Å². The van der Waals surface area contributed by atoms with Crippen LogP contribution in [0.2, 0.25) is 0 Å². The number of aromatic nitrogens is 3. The van der Waals surface area contributed by atoms with Gasteiger partial charge >= 0.3 is 6.18 Å². The summed E-state index contributed by atoms with van der Waals surface area (Å²) in [5, 5.41) is 0. The molecule has 0 spiro atoms. The van der Waals surface area contributed by atoms with Crippen molar-refractivity contribution in [3.63, 3.8) is 0 Å². The van der Waals surface area contributed by atoms with Crippen LogP contribution < -0.4 is 4.90 Å². The highest BCUT2D eigenvalue weighted by atomic mass is 19.4. The summed E-state index contributed by atoms with van der Waals surface area (Å²) in [5.41, 5.74) is 0.784. The Balaban J connectivity index is 2.29. The molecule has 2 aromatic rings. The van der Waals surface area contributed by atoms with E-state index in [0.29, 0.717) is 11.3 Å². The quantitative estimate of drug-likeness (QED) is 0.923. The number of imidazole rings is 1. The Hall–Kier alpha value is -2.12. The lowest BCUT2D eigenvalue weighted by atomic mass is 10.3. The van der Waals surface area contributed by atoms with E-state index in [9.17, 15) is 18.0 Å². The van der Waals surface area contributed by atoms with Gasteiger partial charge in [0, 0.05) is 14.1 Å². The van der Waals surface area contributed by atoms with E-state index in [1.165, 1.54) is 0 Å². The third-order valence-electron chi connectivity index (χ3n) is 2.48. The molecule has 102 valence electrons. The number of nitrogens with zero attached hydrogens (tertiary/aromatic N) is 3. The van der Waals surface area contributed by atoms with Crippen molar-refractivity contribution in [1.29, 1.82) is 0 Å². The van der Waals surface area contributed by atoms with Gasteiger partial charge in [-0.15, -0.1) is 0 Å². The van der Waals surface area contributed by atoms with E-state index in [4.69, 9.17) is 0 Å². The highest BCUT2D eigenvalue weighted by Gasteiger charge is 2.38. The van der Waals surface area contributed by atoms with Crippen molar-refractivity contribution >= 4 is 22.8 Å². The van der Waals surface area contributed by atoms with Crippen LogP contribution in [0.3, 0.4) is 0 Å². The van der Waals surface area contributed by atoms with Crippen LogP contribution in [0.25, 0.3) is 11.2 Å². The van der Waals surface area contributed by atoms with E-state index in [1.54, 1.807) is 31.1 Å². The highest BCUT2D eigenvalue weighted by Crippen LogP contribution is 2.19. The Morgan fingerprint density at radius 3 is 2.58 bits per heavy atom. The molecule has 2 rings (SSSR count).